The summed E-state index contributed by atoms with van der Waals surface area (Å²) in [5, 5.41) is 0. The van der Waals surface area contributed by atoms with E-state index in [-0.39, 0.29) is 5.95 Å². The topological polar surface area (TPSA) is 67.9 Å². The Bertz CT molecular complexity index is 578. The van der Waals surface area contributed by atoms with E-state index in [1.54, 1.807) is 0 Å². The third kappa shape index (κ3) is 2.68. The molecule has 1 aromatic heterocycles. The normalized spacial score (nSPS) is 14.9. The van der Waals surface area contributed by atoms with Gasteiger partial charge in [-0.25, -0.2) is 0 Å². The fourth-order valence-electron chi connectivity index (χ4n) is 2.17. The van der Waals surface area contributed by atoms with Crippen LogP contribution >= 0.6 is 15.9 Å². The van der Waals surface area contributed by atoms with Crippen molar-refractivity contribution in [3.8, 4) is 11.4 Å². The molecule has 0 spiro atoms. The number of nitrogen functional groups attached to an aromatic ring is 1. The van der Waals surface area contributed by atoms with Gasteiger partial charge in [-0.3, -0.25) is 0 Å². The number of benzene rings is 1. The summed E-state index contributed by atoms with van der Waals surface area (Å²) in [6.07, 6.45) is 2.36. The molecule has 5 nitrogen and oxygen atoms in total. The van der Waals surface area contributed by atoms with Crippen LogP contribution in [-0.4, -0.2) is 28.0 Å². The zero-order valence-corrected chi connectivity index (χ0v) is 12.0. The van der Waals surface area contributed by atoms with E-state index in [1.165, 1.54) is 12.8 Å². The van der Waals surface area contributed by atoms with Crippen LogP contribution in [0.2, 0.25) is 0 Å². The second kappa shape index (κ2) is 5.13. The highest BCUT2D eigenvalue weighted by Gasteiger charge is 2.17. The second-order valence-corrected chi connectivity index (χ2v) is 5.43. The van der Waals surface area contributed by atoms with Gasteiger partial charge < -0.3 is 10.6 Å². The zero-order valence-electron chi connectivity index (χ0n) is 10.4. The van der Waals surface area contributed by atoms with E-state index in [1.807, 2.05) is 24.3 Å². The minimum Gasteiger partial charge on any atom is -0.368 e. The molecule has 2 N–H and O–H groups in total. The van der Waals surface area contributed by atoms with E-state index < -0.39 is 0 Å². The molecule has 0 amide bonds. The highest BCUT2D eigenvalue weighted by atomic mass is 79.9. The van der Waals surface area contributed by atoms with Gasteiger partial charge in [0.25, 0.3) is 0 Å². The Labute approximate surface area is 120 Å². The molecular weight excluding hydrogens is 306 g/mol. The van der Waals surface area contributed by atoms with Crippen LogP contribution in [0.15, 0.2) is 28.7 Å². The average Bonchev–Trinajstić information content (AvgIpc) is 2.93. The first-order valence-corrected chi connectivity index (χ1v) is 7.04. The summed E-state index contributed by atoms with van der Waals surface area (Å²) in [7, 11) is 0. The number of anilines is 2. The maximum Gasteiger partial charge on any atom is 0.230 e. The standard InChI is InChI=1S/C13H14BrN5/c14-10-5-3-9(4-6-10)11-16-12(15)18-13(17-11)19-7-1-2-8-19/h3-6H,1-2,7-8H2,(H2,15,16,17,18). The van der Waals surface area contributed by atoms with E-state index in [9.17, 15) is 0 Å². The molecule has 2 aromatic rings. The summed E-state index contributed by atoms with van der Waals surface area (Å²) >= 11 is 3.41. The first-order valence-electron chi connectivity index (χ1n) is 6.25. The van der Waals surface area contributed by atoms with Crippen molar-refractivity contribution < 1.29 is 0 Å². The van der Waals surface area contributed by atoms with Crippen molar-refractivity contribution in [3.05, 3.63) is 28.7 Å². The van der Waals surface area contributed by atoms with Crippen LogP contribution in [0.25, 0.3) is 11.4 Å². The Kier molecular flexibility index (Phi) is 3.33. The molecule has 98 valence electrons. The largest absolute Gasteiger partial charge is 0.368 e. The second-order valence-electron chi connectivity index (χ2n) is 4.52. The summed E-state index contributed by atoms with van der Waals surface area (Å²) < 4.78 is 1.03. The third-order valence-corrected chi connectivity index (χ3v) is 3.66. The summed E-state index contributed by atoms with van der Waals surface area (Å²) in [4.78, 5) is 15.1. The monoisotopic (exact) mass is 319 g/mol. The quantitative estimate of drug-likeness (QED) is 0.921. The third-order valence-electron chi connectivity index (χ3n) is 3.13. The Morgan fingerprint density at radius 1 is 1.00 bits per heavy atom. The Hall–Kier alpha value is -1.69. The SMILES string of the molecule is Nc1nc(-c2ccc(Br)cc2)nc(N2CCCC2)n1. The molecule has 0 aliphatic carbocycles. The molecule has 1 saturated heterocycles. The number of nitrogens with two attached hydrogens (primary N) is 1. The first kappa shape index (κ1) is 12.3. The molecule has 0 saturated carbocycles. The summed E-state index contributed by atoms with van der Waals surface area (Å²) in [5.41, 5.74) is 6.74. The smallest absolute Gasteiger partial charge is 0.230 e. The predicted octanol–water partition coefficient (Wildman–Crippen LogP) is 2.48. The molecule has 2 heterocycles. The molecule has 0 atom stereocenters. The molecule has 1 aliphatic rings. The average molecular weight is 320 g/mol. The van der Waals surface area contributed by atoms with E-state index in [0.29, 0.717) is 11.8 Å². The minimum absolute atomic E-state index is 0.273. The van der Waals surface area contributed by atoms with Gasteiger partial charge in [0.1, 0.15) is 0 Å². The molecule has 1 aliphatic heterocycles. The fourth-order valence-corrected chi connectivity index (χ4v) is 2.43. The Balaban J connectivity index is 1.99. The highest BCUT2D eigenvalue weighted by Crippen LogP contribution is 2.22. The first-order chi connectivity index (χ1) is 9.22. The fraction of sp³-hybridized carbons (Fsp3) is 0.308. The molecular formula is C13H14BrN5. The zero-order chi connectivity index (χ0) is 13.2. The van der Waals surface area contributed by atoms with Crippen LogP contribution in [0.3, 0.4) is 0 Å². The van der Waals surface area contributed by atoms with Crippen LogP contribution in [0, 0.1) is 0 Å². The van der Waals surface area contributed by atoms with Gasteiger partial charge >= 0.3 is 0 Å². The Morgan fingerprint density at radius 2 is 1.68 bits per heavy atom. The molecule has 6 heteroatoms. The van der Waals surface area contributed by atoms with E-state index >= 15 is 0 Å². The lowest BCUT2D eigenvalue weighted by atomic mass is 10.2. The summed E-state index contributed by atoms with van der Waals surface area (Å²) in [6, 6.07) is 7.86. The van der Waals surface area contributed by atoms with Gasteiger partial charge in [0.15, 0.2) is 5.82 Å². The molecule has 1 fully saturated rings. The lowest BCUT2D eigenvalue weighted by molar-refractivity contribution is 0.887. The van der Waals surface area contributed by atoms with Crippen LogP contribution in [-0.2, 0) is 0 Å². The van der Waals surface area contributed by atoms with Gasteiger partial charge in [-0.05, 0) is 25.0 Å². The van der Waals surface area contributed by atoms with Crippen molar-refractivity contribution in [1.82, 2.24) is 15.0 Å². The number of hydrogen-bond acceptors (Lipinski definition) is 5. The van der Waals surface area contributed by atoms with Gasteiger partial charge in [-0.15, -0.1) is 0 Å². The lowest BCUT2D eigenvalue weighted by Crippen LogP contribution is -2.21. The van der Waals surface area contributed by atoms with Gasteiger partial charge in [0.05, 0.1) is 0 Å². The molecule has 3 rings (SSSR count). The van der Waals surface area contributed by atoms with Crippen molar-refractivity contribution in [1.29, 1.82) is 0 Å². The van der Waals surface area contributed by atoms with Crippen LogP contribution in [0.4, 0.5) is 11.9 Å². The molecule has 0 bridgehead atoms. The van der Waals surface area contributed by atoms with Crippen molar-refractivity contribution in [2.45, 2.75) is 12.8 Å². The summed E-state index contributed by atoms with van der Waals surface area (Å²) in [5.74, 6) is 1.58. The van der Waals surface area contributed by atoms with E-state index in [2.05, 4.69) is 35.8 Å². The lowest BCUT2D eigenvalue weighted by Gasteiger charge is -2.15. The molecule has 0 unspecified atom stereocenters. The predicted molar refractivity (Wildman–Crippen MR) is 78.8 cm³/mol. The molecule has 0 radical (unpaired) electrons. The van der Waals surface area contributed by atoms with Crippen LogP contribution in [0.1, 0.15) is 12.8 Å². The van der Waals surface area contributed by atoms with E-state index in [4.69, 9.17) is 5.73 Å². The summed E-state index contributed by atoms with van der Waals surface area (Å²) in [6.45, 7) is 1.98. The van der Waals surface area contributed by atoms with Crippen molar-refractivity contribution in [2.24, 2.45) is 0 Å². The maximum absolute atomic E-state index is 5.80. The van der Waals surface area contributed by atoms with E-state index in [0.717, 1.165) is 23.1 Å². The van der Waals surface area contributed by atoms with Crippen molar-refractivity contribution >= 4 is 27.8 Å². The van der Waals surface area contributed by atoms with Gasteiger partial charge in [-0.2, -0.15) is 15.0 Å². The number of halogens is 1. The minimum atomic E-state index is 0.273. The number of nitrogens with zero attached hydrogens (tertiary/aromatic N) is 4. The molecule has 1 aromatic carbocycles. The number of aromatic nitrogens is 3. The van der Waals surface area contributed by atoms with Crippen LogP contribution < -0.4 is 10.6 Å². The number of hydrogen-bond donors (Lipinski definition) is 1. The van der Waals surface area contributed by atoms with Crippen molar-refractivity contribution in [3.63, 3.8) is 0 Å². The van der Waals surface area contributed by atoms with Gasteiger partial charge in [0.2, 0.25) is 11.9 Å². The Morgan fingerprint density at radius 3 is 2.37 bits per heavy atom. The van der Waals surface area contributed by atoms with Crippen molar-refractivity contribution in [2.75, 3.05) is 23.7 Å². The van der Waals surface area contributed by atoms with Gasteiger partial charge in [-0.1, -0.05) is 28.1 Å². The highest BCUT2D eigenvalue weighted by molar-refractivity contribution is 9.10. The van der Waals surface area contributed by atoms with Gasteiger partial charge in [0, 0.05) is 23.1 Å². The van der Waals surface area contributed by atoms with Crippen LogP contribution in [0.5, 0.6) is 0 Å². The number of rotatable bonds is 2. The molecule has 19 heavy (non-hydrogen) atoms. The maximum atomic E-state index is 5.80.